The van der Waals surface area contributed by atoms with Crippen molar-refractivity contribution in [3.8, 4) is 0 Å². The van der Waals surface area contributed by atoms with Crippen molar-refractivity contribution in [2.45, 2.75) is 0 Å². The van der Waals surface area contributed by atoms with Crippen LogP contribution in [0.2, 0.25) is 0 Å². The SMILES string of the molecule is COC(=O)Nc1nc2ccccc2n1C(=O)Cl. The smallest absolute Gasteiger partial charge is 0.413 e. The summed E-state index contributed by atoms with van der Waals surface area (Å²) in [6, 6.07) is 6.88. The Labute approximate surface area is 101 Å². The Hall–Kier alpha value is -2.08. The van der Waals surface area contributed by atoms with Crippen molar-refractivity contribution in [3.05, 3.63) is 24.3 Å². The first kappa shape index (κ1) is 11.4. The van der Waals surface area contributed by atoms with Crippen LogP contribution in [0.25, 0.3) is 11.0 Å². The number of carbonyl (C=O) groups excluding carboxylic acids is 2. The second-order valence-corrected chi connectivity index (χ2v) is 3.45. The number of halogens is 1. The van der Waals surface area contributed by atoms with E-state index in [1.165, 1.54) is 7.11 Å². The number of anilines is 1. The van der Waals surface area contributed by atoms with Gasteiger partial charge >= 0.3 is 11.5 Å². The molecule has 6 nitrogen and oxygen atoms in total. The van der Waals surface area contributed by atoms with Crippen molar-refractivity contribution in [1.82, 2.24) is 9.55 Å². The fourth-order valence-corrected chi connectivity index (χ4v) is 1.60. The van der Waals surface area contributed by atoms with E-state index in [4.69, 9.17) is 11.6 Å². The molecule has 0 radical (unpaired) electrons. The molecule has 0 bridgehead atoms. The summed E-state index contributed by atoms with van der Waals surface area (Å²) in [5.74, 6) is 0.0260. The molecule has 17 heavy (non-hydrogen) atoms. The van der Waals surface area contributed by atoms with Crippen molar-refractivity contribution >= 4 is 40.0 Å². The van der Waals surface area contributed by atoms with Gasteiger partial charge in [0.15, 0.2) is 0 Å². The highest BCUT2D eigenvalue weighted by atomic mass is 35.5. The van der Waals surface area contributed by atoms with Gasteiger partial charge in [-0.05, 0) is 23.7 Å². The number of rotatable bonds is 1. The maximum Gasteiger partial charge on any atom is 0.413 e. The van der Waals surface area contributed by atoms with E-state index < -0.39 is 11.5 Å². The summed E-state index contributed by atoms with van der Waals surface area (Å²) in [6.07, 6.45) is -0.723. The third-order valence-electron chi connectivity index (χ3n) is 2.14. The van der Waals surface area contributed by atoms with Crippen molar-refractivity contribution in [1.29, 1.82) is 0 Å². The van der Waals surface area contributed by atoms with Gasteiger partial charge in [0.1, 0.15) is 0 Å². The molecular formula is C10H8ClN3O3. The van der Waals surface area contributed by atoms with E-state index in [0.29, 0.717) is 11.0 Å². The average molecular weight is 254 g/mol. The molecule has 0 fully saturated rings. The van der Waals surface area contributed by atoms with Gasteiger partial charge in [0.25, 0.3) is 0 Å². The number of hydrogen-bond acceptors (Lipinski definition) is 4. The number of fused-ring (bicyclic) bond motifs is 1. The van der Waals surface area contributed by atoms with Gasteiger partial charge in [-0.1, -0.05) is 12.1 Å². The Morgan fingerprint density at radius 3 is 2.76 bits per heavy atom. The third kappa shape index (κ3) is 2.07. The standard InChI is InChI=1S/C10H8ClN3O3/c1-17-10(16)13-9-12-6-4-2-3-5-7(6)14(9)8(11)15/h2-5H,1H3,(H,12,13,16). The lowest BCUT2D eigenvalue weighted by Gasteiger charge is -2.03. The van der Waals surface area contributed by atoms with Crippen molar-refractivity contribution < 1.29 is 14.3 Å². The zero-order chi connectivity index (χ0) is 12.4. The highest BCUT2D eigenvalue weighted by Crippen LogP contribution is 2.20. The first-order chi connectivity index (χ1) is 8.13. The second kappa shape index (κ2) is 4.42. The Morgan fingerprint density at radius 1 is 1.41 bits per heavy atom. The normalized spacial score (nSPS) is 10.2. The maximum atomic E-state index is 11.3. The number of ether oxygens (including phenoxy) is 1. The van der Waals surface area contributed by atoms with Gasteiger partial charge in [-0.15, -0.1) is 0 Å². The van der Waals surface area contributed by atoms with Crippen LogP contribution in [0.5, 0.6) is 0 Å². The quantitative estimate of drug-likeness (QED) is 0.792. The summed E-state index contributed by atoms with van der Waals surface area (Å²) in [7, 11) is 1.21. The number of para-hydroxylation sites is 2. The van der Waals surface area contributed by atoms with Crippen molar-refractivity contribution in [2.24, 2.45) is 0 Å². The van der Waals surface area contributed by atoms with Crippen LogP contribution in [-0.4, -0.2) is 28.1 Å². The first-order valence-electron chi connectivity index (χ1n) is 4.65. The van der Waals surface area contributed by atoms with E-state index in [1.54, 1.807) is 24.3 Å². The number of nitrogens with zero attached hydrogens (tertiary/aromatic N) is 2. The van der Waals surface area contributed by atoms with E-state index in [9.17, 15) is 9.59 Å². The van der Waals surface area contributed by atoms with Gasteiger partial charge in [-0.25, -0.2) is 14.3 Å². The van der Waals surface area contributed by atoms with E-state index in [2.05, 4.69) is 15.0 Å². The summed E-state index contributed by atoms with van der Waals surface area (Å²) in [5.41, 5.74) is 1.06. The van der Waals surface area contributed by atoms with E-state index >= 15 is 0 Å². The van der Waals surface area contributed by atoms with Gasteiger partial charge < -0.3 is 4.74 Å². The Kier molecular flexibility index (Phi) is 2.97. The lowest BCUT2D eigenvalue weighted by atomic mass is 10.3. The highest BCUT2D eigenvalue weighted by molar-refractivity contribution is 6.64. The van der Waals surface area contributed by atoms with Gasteiger partial charge in [-0.2, -0.15) is 0 Å². The fraction of sp³-hybridized carbons (Fsp3) is 0.100. The van der Waals surface area contributed by atoms with Crippen molar-refractivity contribution in [3.63, 3.8) is 0 Å². The molecular weight excluding hydrogens is 246 g/mol. The molecule has 0 saturated heterocycles. The molecule has 1 heterocycles. The highest BCUT2D eigenvalue weighted by Gasteiger charge is 2.16. The molecule has 0 atom stereocenters. The summed E-state index contributed by atoms with van der Waals surface area (Å²) >= 11 is 5.45. The molecule has 2 aromatic rings. The van der Waals surface area contributed by atoms with Gasteiger partial charge in [-0.3, -0.25) is 10.1 Å². The van der Waals surface area contributed by atoms with E-state index in [1.807, 2.05) is 0 Å². The summed E-state index contributed by atoms with van der Waals surface area (Å²) in [4.78, 5) is 26.5. The zero-order valence-electron chi connectivity index (χ0n) is 8.81. The lowest BCUT2D eigenvalue weighted by molar-refractivity contribution is 0.186. The molecule has 0 spiro atoms. The molecule has 0 aliphatic heterocycles. The van der Waals surface area contributed by atoms with Crippen LogP contribution < -0.4 is 5.32 Å². The largest absolute Gasteiger partial charge is 0.453 e. The number of carbonyl (C=O) groups is 2. The molecule has 1 N–H and O–H groups in total. The number of amides is 1. The summed E-state index contributed by atoms with van der Waals surface area (Å²) in [6.45, 7) is 0. The molecule has 0 aliphatic rings. The Bertz CT molecular complexity index is 593. The van der Waals surface area contributed by atoms with Crippen molar-refractivity contribution in [2.75, 3.05) is 12.4 Å². The van der Waals surface area contributed by atoms with Crippen LogP contribution >= 0.6 is 11.6 Å². The van der Waals surface area contributed by atoms with Crippen LogP contribution in [0.3, 0.4) is 0 Å². The first-order valence-corrected chi connectivity index (χ1v) is 5.03. The maximum absolute atomic E-state index is 11.3. The Morgan fingerprint density at radius 2 is 2.12 bits per heavy atom. The number of nitrogens with one attached hydrogen (secondary N) is 1. The molecule has 1 amide bonds. The second-order valence-electron chi connectivity index (χ2n) is 3.13. The Balaban J connectivity index is 2.57. The minimum absolute atomic E-state index is 0.0260. The predicted molar refractivity (Wildman–Crippen MR) is 62.4 cm³/mol. The number of methoxy groups -OCH3 is 1. The number of benzene rings is 1. The fourth-order valence-electron chi connectivity index (χ4n) is 1.43. The summed E-state index contributed by atoms with van der Waals surface area (Å²) in [5, 5.41) is 1.56. The molecule has 1 aromatic carbocycles. The van der Waals surface area contributed by atoms with Gasteiger partial charge in [0.2, 0.25) is 5.95 Å². The molecule has 0 unspecified atom stereocenters. The minimum atomic E-state index is -0.759. The van der Waals surface area contributed by atoms with Crippen LogP contribution in [0, 0.1) is 0 Å². The zero-order valence-corrected chi connectivity index (χ0v) is 9.56. The third-order valence-corrected chi connectivity index (χ3v) is 2.30. The van der Waals surface area contributed by atoms with Gasteiger partial charge in [0.05, 0.1) is 18.1 Å². The molecule has 1 aromatic heterocycles. The van der Waals surface area contributed by atoms with Gasteiger partial charge in [0, 0.05) is 0 Å². The van der Waals surface area contributed by atoms with Crippen LogP contribution in [0.15, 0.2) is 24.3 Å². The molecule has 88 valence electrons. The monoisotopic (exact) mass is 253 g/mol. The van der Waals surface area contributed by atoms with Crippen LogP contribution in [0.1, 0.15) is 0 Å². The predicted octanol–water partition coefficient (Wildman–Crippen LogP) is 2.42. The average Bonchev–Trinajstić information content (AvgIpc) is 2.66. The number of imidazole rings is 1. The molecule has 7 heteroatoms. The lowest BCUT2D eigenvalue weighted by Crippen LogP contribution is -2.16. The van der Waals surface area contributed by atoms with Crippen LogP contribution in [-0.2, 0) is 4.74 Å². The van der Waals surface area contributed by atoms with E-state index in [-0.39, 0.29) is 5.95 Å². The number of aromatic nitrogens is 2. The van der Waals surface area contributed by atoms with E-state index in [0.717, 1.165) is 4.57 Å². The number of hydrogen-bond donors (Lipinski definition) is 1. The molecule has 2 rings (SSSR count). The molecule has 0 saturated carbocycles. The topological polar surface area (TPSA) is 73.2 Å². The van der Waals surface area contributed by atoms with Crippen LogP contribution in [0.4, 0.5) is 15.5 Å². The minimum Gasteiger partial charge on any atom is -0.453 e. The molecule has 0 aliphatic carbocycles. The summed E-state index contributed by atoms with van der Waals surface area (Å²) < 4.78 is 5.52.